The normalized spacial score (nSPS) is 10.9. The molecule has 0 atom stereocenters. The number of aliphatic imine (C=N–C) groups is 1. The Morgan fingerprint density at radius 2 is 1.24 bits per heavy atom. The molecule has 4 aromatic carbocycles. The molecule has 0 saturated heterocycles. The second-order valence-electron chi connectivity index (χ2n) is 8.08. The van der Waals surface area contributed by atoms with Crippen LogP contribution in [0.1, 0.15) is 16.7 Å². The van der Waals surface area contributed by atoms with Crippen molar-refractivity contribution in [3.05, 3.63) is 126 Å². The molecular weight excluding hydrogens is 416 g/mol. The molecule has 0 aliphatic carbocycles. The van der Waals surface area contributed by atoms with Crippen LogP contribution in [0.3, 0.4) is 0 Å². The van der Waals surface area contributed by atoms with E-state index in [1.807, 2.05) is 91.9 Å². The lowest BCUT2D eigenvalue weighted by molar-refractivity contribution is 0.593. The van der Waals surface area contributed by atoms with Gasteiger partial charge in [-0.15, -0.1) is 0 Å². The summed E-state index contributed by atoms with van der Waals surface area (Å²) in [6.45, 7) is 2.04. The predicted molar refractivity (Wildman–Crippen MR) is 138 cm³/mol. The van der Waals surface area contributed by atoms with Gasteiger partial charge < -0.3 is 4.42 Å². The van der Waals surface area contributed by atoms with Gasteiger partial charge in [-0.2, -0.15) is 5.26 Å². The van der Waals surface area contributed by atoms with Crippen molar-refractivity contribution in [2.75, 3.05) is 0 Å². The average molecular weight is 439 g/mol. The minimum absolute atomic E-state index is 0.309. The van der Waals surface area contributed by atoms with Gasteiger partial charge in [-0.05, 0) is 29.2 Å². The molecule has 3 heteroatoms. The van der Waals surface area contributed by atoms with Crippen molar-refractivity contribution < 1.29 is 4.42 Å². The highest BCUT2D eigenvalue weighted by Gasteiger charge is 2.22. The van der Waals surface area contributed by atoms with E-state index in [4.69, 9.17) is 4.42 Å². The van der Waals surface area contributed by atoms with Gasteiger partial charge in [0, 0.05) is 17.3 Å². The number of rotatable bonds is 5. The zero-order chi connectivity index (χ0) is 23.3. The highest BCUT2D eigenvalue weighted by molar-refractivity contribution is 5.90. The van der Waals surface area contributed by atoms with E-state index in [0.717, 1.165) is 33.4 Å². The van der Waals surface area contributed by atoms with E-state index in [-0.39, 0.29) is 0 Å². The Morgan fingerprint density at radius 1 is 0.676 bits per heavy atom. The first-order valence-electron chi connectivity index (χ1n) is 11.1. The summed E-state index contributed by atoms with van der Waals surface area (Å²) in [5.74, 6) is 0.947. The molecule has 0 bridgehead atoms. The monoisotopic (exact) mass is 438 g/mol. The van der Waals surface area contributed by atoms with Gasteiger partial charge in [-0.1, -0.05) is 115 Å². The van der Waals surface area contributed by atoms with E-state index < -0.39 is 0 Å². The standard InChI is InChI=1S/C31H22N2O/c1-22-12-14-23(15-13-22)21-33-31-28(20-32)29(26-10-6-3-7-11-26)30(34-31)27-18-16-25(17-19-27)24-8-4-2-5-9-24/h2-19,21H,1H3. The fourth-order valence-electron chi connectivity index (χ4n) is 3.93. The van der Waals surface area contributed by atoms with Gasteiger partial charge in [0.05, 0.1) is 0 Å². The first-order valence-corrected chi connectivity index (χ1v) is 11.1. The van der Waals surface area contributed by atoms with Crippen molar-refractivity contribution in [1.82, 2.24) is 0 Å². The molecule has 162 valence electrons. The summed E-state index contributed by atoms with van der Waals surface area (Å²) in [5, 5.41) is 10.1. The van der Waals surface area contributed by atoms with Gasteiger partial charge in [0.1, 0.15) is 17.4 Å². The SMILES string of the molecule is Cc1ccc(C=Nc2oc(-c3ccc(-c4ccccc4)cc3)c(-c3ccccc3)c2C#N)cc1. The fourth-order valence-corrected chi connectivity index (χ4v) is 3.93. The van der Waals surface area contributed by atoms with Gasteiger partial charge in [-0.3, -0.25) is 0 Å². The Labute approximate surface area is 199 Å². The summed E-state index contributed by atoms with van der Waals surface area (Å²) in [4.78, 5) is 4.56. The number of aryl methyl sites for hydroxylation is 1. The Hall–Kier alpha value is -4.68. The molecule has 0 fully saturated rings. The van der Waals surface area contributed by atoms with Crippen LogP contribution in [0.15, 0.2) is 119 Å². The molecule has 0 aliphatic rings. The molecule has 5 aromatic rings. The molecule has 0 radical (unpaired) electrons. The van der Waals surface area contributed by atoms with E-state index >= 15 is 0 Å². The number of furan rings is 1. The van der Waals surface area contributed by atoms with Crippen LogP contribution < -0.4 is 0 Å². The third-order valence-electron chi connectivity index (χ3n) is 5.73. The minimum atomic E-state index is 0.309. The molecule has 0 unspecified atom stereocenters. The number of hydrogen-bond acceptors (Lipinski definition) is 3. The maximum absolute atomic E-state index is 10.1. The maximum atomic E-state index is 10.1. The van der Waals surface area contributed by atoms with Crippen molar-refractivity contribution in [2.45, 2.75) is 6.92 Å². The van der Waals surface area contributed by atoms with E-state index in [1.165, 1.54) is 5.56 Å². The summed E-state index contributed by atoms with van der Waals surface area (Å²) < 4.78 is 6.25. The van der Waals surface area contributed by atoms with Gasteiger partial charge in [0.25, 0.3) is 0 Å². The minimum Gasteiger partial charge on any atom is -0.436 e. The van der Waals surface area contributed by atoms with Crippen LogP contribution in [0.25, 0.3) is 33.6 Å². The zero-order valence-electron chi connectivity index (χ0n) is 18.8. The zero-order valence-corrected chi connectivity index (χ0v) is 18.8. The lowest BCUT2D eigenvalue weighted by Gasteiger charge is -2.06. The van der Waals surface area contributed by atoms with E-state index in [9.17, 15) is 5.26 Å². The van der Waals surface area contributed by atoms with Crippen LogP contribution in [-0.2, 0) is 0 Å². The first kappa shape index (κ1) is 21.2. The van der Waals surface area contributed by atoms with Crippen LogP contribution in [0.4, 0.5) is 5.88 Å². The summed E-state index contributed by atoms with van der Waals surface area (Å²) in [5.41, 5.74) is 7.39. The fraction of sp³-hybridized carbons (Fsp3) is 0.0323. The average Bonchev–Trinajstić information content (AvgIpc) is 3.28. The molecule has 0 amide bonds. The molecule has 0 aliphatic heterocycles. The number of hydrogen-bond donors (Lipinski definition) is 0. The highest BCUT2D eigenvalue weighted by atomic mass is 16.4. The predicted octanol–water partition coefficient (Wildman–Crippen LogP) is 8.21. The third kappa shape index (κ3) is 4.30. The lowest BCUT2D eigenvalue weighted by atomic mass is 9.97. The molecule has 1 aromatic heterocycles. The molecule has 1 heterocycles. The smallest absolute Gasteiger partial charge is 0.238 e. The van der Waals surface area contributed by atoms with E-state index in [1.54, 1.807) is 6.21 Å². The summed E-state index contributed by atoms with van der Waals surface area (Å²) in [6, 6.07) is 38.7. The van der Waals surface area contributed by atoms with Crippen molar-refractivity contribution >= 4 is 12.1 Å². The van der Waals surface area contributed by atoms with E-state index in [0.29, 0.717) is 17.2 Å². The molecule has 5 rings (SSSR count). The van der Waals surface area contributed by atoms with Gasteiger partial charge in [-0.25, -0.2) is 4.99 Å². The third-order valence-corrected chi connectivity index (χ3v) is 5.73. The van der Waals surface area contributed by atoms with E-state index in [2.05, 4.69) is 35.3 Å². The van der Waals surface area contributed by atoms with Crippen LogP contribution in [0, 0.1) is 18.3 Å². The first-order chi connectivity index (χ1) is 16.7. The van der Waals surface area contributed by atoms with Crippen LogP contribution in [-0.4, -0.2) is 6.21 Å². The summed E-state index contributed by atoms with van der Waals surface area (Å²) in [6.07, 6.45) is 1.73. The maximum Gasteiger partial charge on any atom is 0.238 e. The van der Waals surface area contributed by atoms with Crippen molar-refractivity contribution in [3.8, 4) is 39.6 Å². The molecule has 3 nitrogen and oxygen atoms in total. The number of nitrogens with zero attached hydrogens (tertiary/aromatic N) is 2. The Balaban J connectivity index is 1.61. The second-order valence-corrected chi connectivity index (χ2v) is 8.08. The van der Waals surface area contributed by atoms with Crippen LogP contribution in [0.2, 0.25) is 0 Å². The van der Waals surface area contributed by atoms with Crippen molar-refractivity contribution in [1.29, 1.82) is 5.26 Å². The van der Waals surface area contributed by atoms with Crippen LogP contribution >= 0.6 is 0 Å². The van der Waals surface area contributed by atoms with Crippen molar-refractivity contribution in [2.24, 2.45) is 4.99 Å². The molecular formula is C31H22N2O. The highest BCUT2D eigenvalue weighted by Crippen LogP contribution is 2.42. The molecule has 34 heavy (non-hydrogen) atoms. The quantitative estimate of drug-likeness (QED) is 0.260. The topological polar surface area (TPSA) is 49.3 Å². The Morgan fingerprint density at radius 3 is 1.85 bits per heavy atom. The Kier molecular flexibility index (Phi) is 5.88. The summed E-state index contributed by atoms with van der Waals surface area (Å²) in [7, 11) is 0. The molecule has 0 saturated carbocycles. The lowest BCUT2D eigenvalue weighted by Crippen LogP contribution is -1.84. The number of benzene rings is 4. The molecule has 0 spiro atoms. The van der Waals surface area contributed by atoms with Crippen LogP contribution in [0.5, 0.6) is 0 Å². The largest absolute Gasteiger partial charge is 0.436 e. The number of nitriles is 1. The summed E-state index contributed by atoms with van der Waals surface area (Å²) >= 11 is 0. The van der Waals surface area contributed by atoms with Gasteiger partial charge >= 0.3 is 0 Å². The van der Waals surface area contributed by atoms with Gasteiger partial charge in [0.2, 0.25) is 5.88 Å². The van der Waals surface area contributed by atoms with Gasteiger partial charge in [0.15, 0.2) is 0 Å². The van der Waals surface area contributed by atoms with Crippen molar-refractivity contribution in [3.63, 3.8) is 0 Å². The molecule has 0 N–H and O–H groups in total. The Bertz CT molecular complexity index is 1470. The second kappa shape index (κ2) is 9.44.